The minimum atomic E-state index is 0.702. The minimum Gasteiger partial charge on any atom is -0.314 e. The average molecular weight is 240 g/mol. The molecule has 0 radical (unpaired) electrons. The van der Waals surface area contributed by atoms with E-state index in [9.17, 15) is 0 Å². The second-order valence-corrected chi connectivity index (χ2v) is 5.89. The van der Waals surface area contributed by atoms with E-state index < -0.39 is 0 Å². The molecule has 0 aromatic rings. The summed E-state index contributed by atoms with van der Waals surface area (Å²) in [6.45, 7) is 14.4. The standard InChI is InChI=1S/C15H32N2/c1-5-9-17-10-7-15(8-11-17)14(4)16-12-13(3)6-2/h13-16H,5-12H2,1-4H3. The molecule has 1 aliphatic heterocycles. The van der Waals surface area contributed by atoms with Crippen LogP contribution in [0.25, 0.3) is 0 Å². The molecule has 1 saturated heterocycles. The summed E-state index contributed by atoms with van der Waals surface area (Å²) in [6, 6.07) is 0.702. The molecule has 1 heterocycles. The van der Waals surface area contributed by atoms with Crippen molar-refractivity contribution >= 4 is 0 Å². The highest BCUT2D eigenvalue weighted by atomic mass is 15.1. The first-order valence-electron chi connectivity index (χ1n) is 7.63. The molecular weight excluding hydrogens is 208 g/mol. The van der Waals surface area contributed by atoms with Gasteiger partial charge in [0.05, 0.1) is 0 Å². The summed E-state index contributed by atoms with van der Waals surface area (Å²) in [4.78, 5) is 2.62. The van der Waals surface area contributed by atoms with Gasteiger partial charge in [0.1, 0.15) is 0 Å². The number of nitrogens with zero attached hydrogens (tertiary/aromatic N) is 1. The first-order chi connectivity index (χ1) is 8.17. The predicted molar refractivity (Wildman–Crippen MR) is 76.4 cm³/mol. The Kier molecular flexibility index (Phi) is 7.14. The van der Waals surface area contributed by atoms with Crippen molar-refractivity contribution < 1.29 is 0 Å². The Labute approximate surface area is 108 Å². The molecule has 0 bridgehead atoms. The summed E-state index contributed by atoms with van der Waals surface area (Å²) in [7, 11) is 0. The number of hydrogen-bond acceptors (Lipinski definition) is 2. The zero-order valence-corrected chi connectivity index (χ0v) is 12.3. The Balaban J connectivity index is 2.19. The normalized spacial score (nSPS) is 22.6. The zero-order chi connectivity index (χ0) is 12.7. The van der Waals surface area contributed by atoms with Crippen LogP contribution in [-0.4, -0.2) is 37.1 Å². The van der Waals surface area contributed by atoms with Crippen LogP contribution in [-0.2, 0) is 0 Å². The number of likely N-dealkylation sites (tertiary alicyclic amines) is 1. The van der Waals surface area contributed by atoms with Crippen LogP contribution in [0.5, 0.6) is 0 Å². The maximum atomic E-state index is 3.73. The zero-order valence-electron chi connectivity index (χ0n) is 12.3. The summed E-state index contributed by atoms with van der Waals surface area (Å²) in [5.74, 6) is 1.71. The first kappa shape index (κ1) is 15.0. The van der Waals surface area contributed by atoms with E-state index in [1.165, 1.54) is 51.9 Å². The lowest BCUT2D eigenvalue weighted by Gasteiger charge is -2.35. The number of rotatable bonds is 7. The number of nitrogens with one attached hydrogen (secondary N) is 1. The number of piperidine rings is 1. The van der Waals surface area contributed by atoms with Crippen LogP contribution in [0.4, 0.5) is 0 Å². The summed E-state index contributed by atoms with van der Waals surface area (Å²) < 4.78 is 0. The number of hydrogen-bond donors (Lipinski definition) is 1. The van der Waals surface area contributed by atoms with Crippen LogP contribution in [0.3, 0.4) is 0 Å². The fourth-order valence-electron chi connectivity index (χ4n) is 2.69. The van der Waals surface area contributed by atoms with Crippen LogP contribution >= 0.6 is 0 Å². The SMILES string of the molecule is CCCN1CCC(C(C)NCC(C)CC)CC1. The fourth-order valence-corrected chi connectivity index (χ4v) is 2.69. The van der Waals surface area contributed by atoms with E-state index in [-0.39, 0.29) is 0 Å². The third kappa shape index (κ3) is 5.39. The Morgan fingerprint density at radius 3 is 2.35 bits per heavy atom. The quantitative estimate of drug-likeness (QED) is 0.735. The van der Waals surface area contributed by atoms with Gasteiger partial charge < -0.3 is 10.2 Å². The van der Waals surface area contributed by atoms with Crippen molar-refractivity contribution in [1.29, 1.82) is 0 Å². The van der Waals surface area contributed by atoms with Gasteiger partial charge in [0.25, 0.3) is 0 Å². The van der Waals surface area contributed by atoms with E-state index >= 15 is 0 Å². The third-order valence-corrected chi connectivity index (χ3v) is 4.36. The molecule has 2 atom stereocenters. The lowest BCUT2D eigenvalue weighted by atomic mass is 9.90. The van der Waals surface area contributed by atoms with Gasteiger partial charge >= 0.3 is 0 Å². The highest BCUT2D eigenvalue weighted by molar-refractivity contribution is 4.79. The Hall–Kier alpha value is -0.0800. The van der Waals surface area contributed by atoms with Gasteiger partial charge in [0.15, 0.2) is 0 Å². The summed E-state index contributed by atoms with van der Waals surface area (Å²) in [5.41, 5.74) is 0. The van der Waals surface area contributed by atoms with Crippen LogP contribution in [0.15, 0.2) is 0 Å². The third-order valence-electron chi connectivity index (χ3n) is 4.36. The molecule has 0 aromatic heterocycles. The molecule has 1 aliphatic rings. The van der Waals surface area contributed by atoms with Crippen molar-refractivity contribution in [3.05, 3.63) is 0 Å². The van der Waals surface area contributed by atoms with Gasteiger partial charge in [-0.25, -0.2) is 0 Å². The molecule has 0 aliphatic carbocycles. The molecule has 0 amide bonds. The van der Waals surface area contributed by atoms with Crippen molar-refractivity contribution in [2.45, 2.75) is 59.4 Å². The molecule has 1 N–H and O–H groups in total. The molecule has 0 spiro atoms. The van der Waals surface area contributed by atoms with Gasteiger partial charge in [-0.2, -0.15) is 0 Å². The van der Waals surface area contributed by atoms with Gasteiger partial charge in [-0.05, 0) is 64.2 Å². The average Bonchev–Trinajstić information content (AvgIpc) is 2.36. The minimum absolute atomic E-state index is 0.702. The molecule has 1 fully saturated rings. The molecule has 1 rings (SSSR count). The Morgan fingerprint density at radius 2 is 1.82 bits per heavy atom. The van der Waals surface area contributed by atoms with Gasteiger partial charge in [-0.3, -0.25) is 0 Å². The van der Waals surface area contributed by atoms with Gasteiger partial charge in [0.2, 0.25) is 0 Å². The largest absolute Gasteiger partial charge is 0.314 e. The monoisotopic (exact) mass is 240 g/mol. The van der Waals surface area contributed by atoms with Crippen molar-refractivity contribution in [3.8, 4) is 0 Å². The van der Waals surface area contributed by atoms with Crippen molar-refractivity contribution in [2.24, 2.45) is 11.8 Å². The fraction of sp³-hybridized carbons (Fsp3) is 1.00. The molecule has 2 unspecified atom stereocenters. The molecular formula is C15H32N2. The van der Waals surface area contributed by atoms with E-state index in [1.807, 2.05) is 0 Å². The maximum absolute atomic E-state index is 3.73. The summed E-state index contributed by atoms with van der Waals surface area (Å²) in [6.07, 6.45) is 5.35. The van der Waals surface area contributed by atoms with Gasteiger partial charge in [-0.1, -0.05) is 27.2 Å². The maximum Gasteiger partial charge on any atom is 0.00680 e. The predicted octanol–water partition coefficient (Wildman–Crippen LogP) is 3.13. The van der Waals surface area contributed by atoms with Crippen LogP contribution in [0.1, 0.15) is 53.4 Å². The van der Waals surface area contributed by atoms with E-state index in [0.29, 0.717) is 6.04 Å². The second kappa shape index (κ2) is 8.10. The van der Waals surface area contributed by atoms with Crippen LogP contribution in [0.2, 0.25) is 0 Å². The van der Waals surface area contributed by atoms with Crippen LogP contribution < -0.4 is 5.32 Å². The summed E-state index contributed by atoms with van der Waals surface area (Å²) >= 11 is 0. The van der Waals surface area contributed by atoms with Gasteiger partial charge in [0, 0.05) is 6.04 Å². The van der Waals surface area contributed by atoms with E-state index in [0.717, 1.165) is 11.8 Å². The van der Waals surface area contributed by atoms with E-state index in [2.05, 4.69) is 37.9 Å². The van der Waals surface area contributed by atoms with Crippen molar-refractivity contribution in [2.75, 3.05) is 26.2 Å². The lowest BCUT2D eigenvalue weighted by Crippen LogP contribution is -2.43. The first-order valence-corrected chi connectivity index (χ1v) is 7.63. The molecule has 0 saturated carbocycles. The van der Waals surface area contributed by atoms with Crippen molar-refractivity contribution in [3.63, 3.8) is 0 Å². The Bertz CT molecular complexity index is 185. The van der Waals surface area contributed by atoms with Gasteiger partial charge in [-0.15, -0.1) is 0 Å². The van der Waals surface area contributed by atoms with E-state index in [4.69, 9.17) is 0 Å². The van der Waals surface area contributed by atoms with E-state index in [1.54, 1.807) is 0 Å². The Morgan fingerprint density at radius 1 is 1.18 bits per heavy atom. The smallest absolute Gasteiger partial charge is 0.00680 e. The molecule has 0 aromatic carbocycles. The molecule has 17 heavy (non-hydrogen) atoms. The van der Waals surface area contributed by atoms with Crippen molar-refractivity contribution in [1.82, 2.24) is 10.2 Å². The second-order valence-electron chi connectivity index (χ2n) is 5.89. The molecule has 2 heteroatoms. The lowest BCUT2D eigenvalue weighted by molar-refractivity contribution is 0.161. The topological polar surface area (TPSA) is 15.3 Å². The van der Waals surface area contributed by atoms with Crippen LogP contribution in [0, 0.1) is 11.8 Å². The molecule has 2 nitrogen and oxygen atoms in total. The highest BCUT2D eigenvalue weighted by Crippen LogP contribution is 2.20. The molecule has 102 valence electrons. The highest BCUT2D eigenvalue weighted by Gasteiger charge is 2.23. The summed E-state index contributed by atoms with van der Waals surface area (Å²) in [5, 5.41) is 3.73.